The third kappa shape index (κ3) is 3.68. The molecule has 7 heteroatoms. The van der Waals surface area contributed by atoms with E-state index >= 15 is 0 Å². The van der Waals surface area contributed by atoms with Gasteiger partial charge in [0, 0.05) is 10.0 Å². The lowest BCUT2D eigenvalue weighted by molar-refractivity contribution is 0.101. The first-order chi connectivity index (χ1) is 9.79. The lowest BCUT2D eigenvalue weighted by Gasteiger charge is -2.10. The first-order valence-corrected chi connectivity index (χ1v) is 8.16. The number of rotatable bonds is 4. The van der Waals surface area contributed by atoms with Crippen LogP contribution < -0.4 is 4.72 Å². The number of Topliss-reactive ketones (excluding diaryl/α,β-unsaturated/α-hetero) is 1. The van der Waals surface area contributed by atoms with E-state index in [9.17, 15) is 17.6 Å². The van der Waals surface area contributed by atoms with Crippen molar-refractivity contribution < 1.29 is 17.6 Å². The molecule has 0 aliphatic carbocycles. The molecule has 0 aromatic heterocycles. The summed E-state index contributed by atoms with van der Waals surface area (Å²) in [5, 5.41) is 0. The van der Waals surface area contributed by atoms with Crippen molar-refractivity contribution >= 4 is 37.4 Å². The Bertz CT molecular complexity index is 788. The molecule has 0 spiro atoms. The van der Waals surface area contributed by atoms with Crippen LogP contribution in [0.25, 0.3) is 0 Å². The van der Waals surface area contributed by atoms with Gasteiger partial charge in [0.1, 0.15) is 5.82 Å². The molecular weight excluding hydrogens is 361 g/mol. The Balaban J connectivity index is 2.31. The molecule has 0 amide bonds. The Kier molecular flexibility index (Phi) is 4.43. The summed E-state index contributed by atoms with van der Waals surface area (Å²) in [6.07, 6.45) is 0. The number of hydrogen-bond acceptors (Lipinski definition) is 3. The average Bonchev–Trinajstić information content (AvgIpc) is 2.42. The maximum absolute atomic E-state index is 13.0. The summed E-state index contributed by atoms with van der Waals surface area (Å²) < 4.78 is 40.1. The molecule has 0 heterocycles. The minimum Gasteiger partial charge on any atom is -0.295 e. The predicted molar refractivity (Wildman–Crippen MR) is 81.4 cm³/mol. The molecule has 0 atom stereocenters. The number of carbonyl (C=O) groups excluding carboxylic acids is 1. The molecule has 21 heavy (non-hydrogen) atoms. The van der Waals surface area contributed by atoms with E-state index in [1.165, 1.54) is 37.3 Å². The van der Waals surface area contributed by atoms with Crippen LogP contribution in [0.4, 0.5) is 10.1 Å². The van der Waals surface area contributed by atoms with Crippen molar-refractivity contribution in [3.63, 3.8) is 0 Å². The first-order valence-electron chi connectivity index (χ1n) is 5.88. The van der Waals surface area contributed by atoms with Crippen LogP contribution in [-0.2, 0) is 10.0 Å². The summed E-state index contributed by atoms with van der Waals surface area (Å²) in [7, 11) is -3.80. The zero-order valence-corrected chi connectivity index (χ0v) is 13.3. The van der Waals surface area contributed by atoms with Gasteiger partial charge < -0.3 is 0 Å². The van der Waals surface area contributed by atoms with Gasteiger partial charge in [0.05, 0.1) is 10.6 Å². The van der Waals surface area contributed by atoms with E-state index in [-0.39, 0.29) is 16.4 Å². The Morgan fingerprint density at radius 2 is 1.76 bits per heavy atom. The van der Waals surface area contributed by atoms with Crippen LogP contribution >= 0.6 is 15.9 Å². The van der Waals surface area contributed by atoms with Crippen molar-refractivity contribution in [2.45, 2.75) is 11.8 Å². The van der Waals surface area contributed by atoms with Crippen LogP contribution in [0.15, 0.2) is 51.8 Å². The maximum Gasteiger partial charge on any atom is 0.261 e. The van der Waals surface area contributed by atoms with Crippen molar-refractivity contribution in [2.24, 2.45) is 0 Å². The molecule has 110 valence electrons. The number of ketones is 1. The minimum absolute atomic E-state index is 0.0173. The second kappa shape index (κ2) is 5.95. The third-order valence-corrected chi connectivity index (χ3v) is 4.78. The van der Waals surface area contributed by atoms with Crippen LogP contribution in [0.3, 0.4) is 0 Å². The largest absolute Gasteiger partial charge is 0.295 e. The highest BCUT2D eigenvalue weighted by Gasteiger charge is 2.16. The highest BCUT2D eigenvalue weighted by atomic mass is 79.9. The fourth-order valence-corrected chi connectivity index (χ4v) is 3.31. The molecule has 0 fully saturated rings. The molecule has 2 aromatic rings. The molecule has 0 saturated heterocycles. The van der Waals surface area contributed by atoms with Gasteiger partial charge in [0.2, 0.25) is 0 Å². The number of hydrogen-bond donors (Lipinski definition) is 1. The SMILES string of the molecule is CC(=O)c1ccc(S(=O)(=O)Nc2ccc(F)cc2Br)cc1. The molecule has 2 rings (SSSR count). The highest BCUT2D eigenvalue weighted by Crippen LogP contribution is 2.25. The number of anilines is 1. The minimum atomic E-state index is -3.80. The van der Waals surface area contributed by atoms with E-state index in [1.807, 2.05) is 0 Å². The van der Waals surface area contributed by atoms with Gasteiger partial charge in [-0.1, -0.05) is 12.1 Å². The van der Waals surface area contributed by atoms with E-state index in [0.717, 1.165) is 12.1 Å². The highest BCUT2D eigenvalue weighted by molar-refractivity contribution is 9.10. The number of nitrogens with one attached hydrogen (secondary N) is 1. The zero-order valence-electron chi connectivity index (χ0n) is 10.9. The molecule has 0 aliphatic rings. The van der Waals surface area contributed by atoms with E-state index in [4.69, 9.17) is 0 Å². The Hall–Kier alpha value is -1.73. The van der Waals surface area contributed by atoms with Gasteiger partial charge in [-0.05, 0) is 53.2 Å². The number of benzene rings is 2. The van der Waals surface area contributed by atoms with Crippen molar-refractivity contribution in [1.82, 2.24) is 0 Å². The summed E-state index contributed by atoms with van der Waals surface area (Å²) in [6.45, 7) is 1.40. The second-order valence-corrected chi connectivity index (χ2v) is 6.85. The van der Waals surface area contributed by atoms with Crippen LogP contribution in [0, 0.1) is 5.82 Å². The van der Waals surface area contributed by atoms with Crippen LogP contribution in [0.2, 0.25) is 0 Å². The standard InChI is InChI=1S/C14H11BrFNO3S/c1-9(18)10-2-5-12(6-3-10)21(19,20)17-14-7-4-11(16)8-13(14)15/h2-8,17H,1H3. The second-order valence-electron chi connectivity index (χ2n) is 4.31. The molecule has 0 bridgehead atoms. The molecule has 0 radical (unpaired) electrons. The van der Waals surface area contributed by atoms with Gasteiger partial charge in [-0.2, -0.15) is 0 Å². The average molecular weight is 372 g/mol. The van der Waals surface area contributed by atoms with E-state index < -0.39 is 15.8 Å². The predicted octanol–water partition coefficient (Wildman–Crippen LogP) is 3.59. The quantitative estimate of drug-likeness (QED) is 0.835. The first kappa shape index (κ1) is 15.7. The van der Waals surface area contributed by atoms with E-state index in [2.05, 4.69) is 20.7 Å². The van der Waals surface area contributed by atoms with Gasteiger partial charge in [-0.3, -0.25) is 9.52 Å². The topological polar surface area (TPSA) is 63.2 Å². The van der Waals surface area contributed by atoms with Gasteiger partial charge in [-0.25, -0.2) is 12.8 Å². The fourth-order valence-electron chi connectivity index (χ4n) is 1.64. The Morgan fingerprint density at radius 1 is 1.14 bits per heavy atom. The van der Waals surface area contributed by atoms with Gasteiger partial charge in [-0.15, -0.1) is 0 Å². The summed E-state index contributed by atoms with van der Waals surface area (Å²) in [5.41, 5.74) is 0.656. The summed E-state index contributed by atoms with van der Waals surface area (Å²) in [4.78, 5) is 11.2. The fraction of sp³-hybridized carbons (Fsp3) is 0.0714. The van der Waals surface area contributed by atoms with Crippen LogP contribution in [0.5, 0.6) is 0 Å². The molecule has 0 unspecified atom stereocenters. The van der Waals surface area contributed by atoms with Crippen molar-refractivity contribution in [3.05, 3.63) is 58.3 Å². The van der Waals surface area contributed by atoms with Crippen LogP contribution in [0.1, 0.15) is 17.3 Å². The molecule has 1 N–H and O–H groups in total. The Morgan fingerprint density at radius 3 is 2.29 bits per heavy atom. The lowest BCUT2D eigenvalue weighted by Crippen LogP contribution is -2.13. The van der Waals surface area contributed by atoms with Crippen molar-refractivity contribution in [1.29, 1.82) is 0 Å². The number of carbonyl (C=O) groups is 1. The summed E-state index contributed by atoms with van der Waals surface area (Å²) in [5.74, 6) is -0.621. The van der Waals surface area contributed by atoms with Gasteiger partial charge in [0.25, 0.3) is 10.0 Å². The van der Waals surface area contributed by atoms with E-state index in [1.54, 1.807) is 0 Å². The zero-order chi connectivity index (χ0) is 15.6. The lowest BCUT2D eigenvalue weighted by atomic mass is 10.2. The smallest absolute Gasteiger partial charge is 0.261 e. The summed E-state index contributed by atoms with van der Waals surface area (Å²) >= 11 is 3.09. The maximum atomic E-state index is 13.0. The van der Waals surface area contributed by atoms with Crippen LogP contribution in [-0.4, -0.2) is 14.2 Å². The van der Waals surface area contributed by atoms with Gasteiger partial charge in [0.15, 0.2) is 5.78 Å². The number of halogens is 2. The molecule has 0 saturated carbocycles. The molecule has 2 aromatic carbocycles. The third-order valence-electron chi connectivity index (χ3n) is 2.75. The monoisotopic (exact) mass is 371 g/mol. The molecule has 0 aliphatic heterocycles. The Labute approximate surface area is 130 Å². The van der Waals surface area contributed by atoms with Crippen molar-refractivity contribution in [2.75, 3.05) is 4.72 Å². The molecule has 4 nitrogen and oxygen atoms in total. The summed E-state index contributed by atoms with van der Waals surface area (Å²) in [6, 6.07) is 9.21. The van der Waals surface area contributed by atoms with E-state index in [0.29, 0.717) is 10.0 Å². The molecular formula is C14H11BrFNO3S. The van der Waals surface area contributed by atoms with Crippen molar-refractivity contribution in [3.8, 4) is 0 Å². The van der Waals surface area contributed by atoms with Gasteiger partial charge >= 0.3 is 0 Å². The number of sulfonamides is 1. The normalized spacial score (nSPS) is 11.2.